The predicted molar refractivity (Wildman–Crippen MR) is 93.6 cm³/mol. The van der Waals surface area contributed by atoms with Crippen LogP contribution in [0.15, 0.2) is 24.3 Å². The van der Waals surface area contributed by atoms with E-state index in [0.717, 1.165) is 11.1 Å². The Morgan fingerprint density at radius 2 is 1.65 bits per heavy atom. The van der Waals surface area contributed by atoms with Crippen molar-refractivity contribution in [3.63, 3.8) is 0 Å². The zero-order chi connectivity index (χ0) is 18.7. The first-order chi connectivity index (χ1) is 12.5. The summed E-state index contributed by atoms with van der Waals surface area (Å²) >= 11 is 0. The second-order valence-corrected chi connectivity index (χ2v) is 6.84. The van der Waals surface area contributed by atoms with Gasteiger partial charge in [-0.05, 0) is 30.9 Å². The maximum atomic E-state index is 12.5. The number of carbonyl (C=O) groups excluding carboxylic acids is 2. The molecule has 2 aliphatic heterocycles. The van der Waals surface area contributed by atoms with Crippen LogP contribution in [0.4, 0.5) is 0 Å². The second kappa shape index (κ2) is 7.86. The molecule has 1 N–H and O–H groups in total. The average Bonchev–Trinajstić information content (AvgIpc) is 3.13. The fourth-order valence-electron chi connectivity index (χ4n) is 3.46. The van der Waals surface area contributed by atoms with Gasteiger partial charge < -0.3 is 19.6 Å². The fourth-order valence-corrected chi connectivity index (χ4v) is 3.46. The Morgan fingerprint density at radius 1 is 1.04 bits per heavy atom. The van der Waals surface area contributed by atoms with Crippen LogP contribution in [-0.4, -0.2) is 71.1 Å². The molecule has 2 atom stereocenters. The number of aryl methyl sites for hydroxylation is 1. The Balaban J connectivity index is 1.49. The molecule has 2 saturated heterocycles. The number of aliphatic carboxylic acids is 1. The highest BCUT2D eigenvalue weighted by Crippen LogP contribution is 2.22. The maximum absolute atomic E-state index is 12.5. The van der Waals surface area contributed by atoms with E-state index in [1.165, 1.54) is 0 Å². The van der Waals surface area contributed by atoms with E-state index in [9.17, 15) is 14.4 Å². The molecular weight excluding hydrogens is 336 g/mol. The summed E-state index contributed by atoms with van der Waals surface area (Å²) in [6, 6.07) is 7.83. The van der Waals surface area contributed by atoms with E-state index in [1.54, 1.807) is 9.80 Å². The van der Waals surface area contributed by atoms with Crippen molar-refractivity contribution < 1.29 is 24.2 Å². The molecule has 0 spiro atoms. The molecule has 140 valence electrons. The minimum atomic E-state index is -1.02. The maximum Gasteiger partial charge on any atom is 0.332 e. The van der Waals surface area contributed by atoms with Crippen molar-refractivity contribution in [1.82, 2.24) is 9.80 Å². The van der Waals surface area contributed by atoms with E-state index >= 15 is 0 Å². The molecule has 2 fully saturated rings. The molecule has 0 aromatic heterocycles. The van der Waals surface area contributed by atoms with E-state index in [2.05, 4.69) is 0 Å². The molecule has 0 saturated carbocycles. The molecule has 0 aliphatic carbocycles. The first kappa shape index (κ1) is 18.4. The first-order valence-corrected chi connectivity index (χ1v) is 8.95. The molecule has 26 heavy (non-hydrogen) atoms. The van der Waals surface area contributed by atoms with E-state index in [-0.39, 0.29) is 11.8 Å². The van der Waals surface area contributed by atoms with Gasteiger partial charge in [-0.25, -0.2) is 4.79 Å². The lowest BCUT2D eigenvalue weighted by Gasteiger charge is -2.36. The smallest absolute Gasteiger partial charge is 0.332 e. The normalized spacial score (nSPS) is 23.1. The molecule has 7 heteroatoms. The molecule has 1 aromatic carbocycles. The van der Waals surface area contributed by atoms with Crippen molar-refractivity contribution in [3.8, 4) is 0 Å². The van der Waals surface area contributed by atoms with Gasteiger partial charge in [0.1, 0.15) is 6.10 Å². The van der Waals surface area contributed by atoms with Crippen LogP contribution in [0, 0.1) is 6.92 Å². The van der Waals surface area contributed by atoms with Gasteiger partial charge in [-0.15, -0.1) is 0 Å². The van der Waals surface area contributed by atoms with E-state index in [1.807, 2.05) is 31.2 Å². The zero-order valence-corrected chi connectivity index (χ0v) is 14.9. The van der Waals surface area contributed by atoms with E-state index in [0.29, 0.717) is 45.4 Å². The van der Waals surface area contributed by atoms with Crippen molar-refractivity contribution in [3.05, 3.63) is 35.4 Å². The summed E-state index contributed by atoms with van der Waals surface area (Å²) in [6.45, 7) is 3.88. The third-order valence-corrected chi connectivity index (χ3v) is 5.12. The Kier molecular flexibility index (Phi) is 5.56. The number of amides is 2. The van der Waals surface area contributed by atoms with Crippen LogP contribution in [0.5, 0.6) is 0 Å². The number of carboxylic acid groups (broad SMARTS) is 1. The number of carboxylic acids is 1. The number of carbonyl (C=O) groups is 3. The van der Waals surface area contributed by atoms with Gasteiger partial charge in [0, 0.05) is 26.2 Å². The van der Waals surface area contributed by atoms with Gasteiger partial charge >= 0.3 is 5.97 Å². The van der Waals surface area contributed by atoms with Crippen molar-refractivity contribution in [1.29, 1.82) is 0 Å². The van der Waals surface area contributed by atoms with Gasteiger partial charge in [-0.3, -0.25) is 9.59 Å². The van der Waals surface area contributed by atoms with E-state index < -0.39 is 18.2 Å². The molecule has 0 bridgehead atoms. The number of piperazine rings is 1. The molecule has 0 unspecified atom stereocenters. The summed E-state index contributed by atoms with van der Waals surface area (Å²) in [5.41, 5.74) is 2.12. The van der Waals surface area contributed by atoms with Gasteiger partial charge in [-0.1, -0.05) is 24.3 Å². The summed E-state index contributed by atoms with van der Waals surface area (Å²) < 4.78 is 5.33. The standard InChI is InChI=1S/C19H24N2O5/c1-13-4-2-3-5-14(13)12-17(22)20-8-10-21(11-9-20)18(23)15-6-7-16(26-15)19(24)25/h2-5,15-16H,6-12H2,1H3,(H,24,25)/t15-,16+/m0/s1. The summed E-state index contributed by atoms with van der Waals surface area (Å²) in [7, 11) is 0. The molecule has 0 radical (unpaired) electrons. The van der Waals surface area contributed by atoms with Gasteiger partial charge in [0.25, 0.3) is 5.91 Å². The number of benzene rings is 1. The van der Waals surface area contributed by atoms with Crippen LogP contribution in [0.3, 0.4) is 0 Å². The van der Waals surface area contributed by atoms with Crippen LogP contribution in [0.25, 0.3) is 0 Å². The lowest BCUT2D eigenvalue weighted by atomic mass is 10.1. The van der Waals surface area contributed by atoms with Crippen LogP contribution >= 0.6 is 0 Å². The SMILES string of the molecule is Cc1ccccc1CC(=O)N1CCN(C(=O)[C@@H]2CC[C@H](C(=O)O)O2)CC1. The number of hydrogen-bond donors (Lipinski definition) is 1. The van der Waals surface area contributed by atoms with Crippen molar-refractivity contribution in [2.24, 2.45) is 0 Å². The van der Waals surface area contributed by atoms with E-state index in [4.69, 9.17) is 9.84 Å². The number of hydrogen-bond acceptors (Lipinski definition) is 4. The van der Waals surface area contributed by atoms with Gasteiger partial charge in [0.15, 0.2) is 6.10 Å². The highest BCUT2D eigenvalue weighted by atomic mass is 16.5. The summed E-state index contributed by atoms with van der Waals surface area (Å²) in [5.74, 6) is -1.12. The monoisotopic (exact) mass is 360 g/mol. The van der Waals surface area contributed by atoms with Crippen LogP contribution in [0.1, 0.15) is 24.0 Å². The Hall–Kier alpha value is -2.41. The highest BCUT2D eigenvalue weighted by Gasteiger charge is 2.37. The molecule has 1 aromatic rings. The molecular formula is C19H24N2O5. The molecule has 2 amide bonds. The summed E-state index contributed by atoms with van der Waals surface area (Å²) in [4.78, 5) is 39.4. The van der Waals surface area contributed by atoms with Crippen molar-refractivity contribution in [2.45, 2.75) is 38.4 Å². The number of rotatable bonds is 4. The molecule has 2 aliphatic rings. The lowest BCUT2D eigenvalue weighted by molar-refractivity contribution is -0.156. The van der Waals surface area contributed by atoms with Crippen LogP contribution in [0.2, 0.25) is 0 Å². The number of nitrogens with zero attached hydrogens (tertiary/aromatic N) is 2. The summed E-state index contributed by atoms with van der Waals surface area (Å²) in [5, 5.41) is 8.97. The minimum Gasteiger partial charge on any atom is -0.479 e. The average molecular weight is 360 g/mol. The van der Waals surface area contributed by atoms with Gasteiger partial charge in [0.2, 0.25) is 5.91 Å². The van der Waals surface area contributed by atoms with Crippen molar-refractivity contribution in [2.75, 3.05) is 26.2 Å². The molecule has 3 rings (SSSR count). The Morgan fingerprint density at radius 3 is 2.27 bits per heavy atom. The van der Waals surface area contributed by atoms with Crippen LogP contribution in [-0.2, 0) is 25.5 Å². The zero-order valence-electron chi connectivity index (χ0n) is 14.9. The third kappa shape index (κ3) is 4.04. The van der Waals surface area contributed by atoms with Gasteiger partial charge in [0.05, 0.1) is 6.42 Å². The molecule has 2 heterocycles. The van der Waals surface area contributed by atoms with Gasteiger partial charge in [-0.2, -0.15) is 0 Å². The molecule has 7 nitrogen and oxygen atoms in total. The predicted octanol–water partition coefficient (Wildman–Crippen LogP) is 0.841. The Labute approximate surface area is 152 Å². The third-order valence-electron chi connectivity index (χ3n) is 5.12. The first-order valence-electron chi connectivity index (χ1n) is 8.95. The van der Waals surface area contributed by atoms with Crippen molar-refractivity contribution >= 4 is 17.8 Å². The minimum absolute atomic E-state index is 0.0643. The quantitative estimate of drug-likeness (QED) is 0.860. The second-order valence-electron chi connectivity index (χ2n) is 6.84. The largest absolute Gasteiger partial charge is 0.479 e. The topological polar surface area (TPSA) is 87.2 Å². The Bertz CT molecular complexity index is 697. The summed E-state index contributed by atoms with van der Waals surface area (Å²) in [6.07, 6.45) is -0.401. The highest BCUT2D eigenvalue weighted by molar-refractivity contribution is 5.83. The fraction of sp³-hybridized carbons (Fsp3) is 0.526. The number of ether oxygens (including phenoxy) is 1. The van der Waals surface area contributed by atoms with Crippen LogP contribution < -0.4 is 0 Å². The lowest BCUT2D eigenvalue weighted by Crippen LogP contribution is -2.53.